The van der Waals surface area contributed by atoms with E-state index in [0.717, 1.165) is 38.5 Å². The Morgan fingerprint density at radius 2 is 0.712 bits per heavy atom. The number of aliphatic hydroxyl groups excluding tert-OH is 3. The summed E-state index contributed by atoms with van der Waals surface area (Å²) in [6.07, 6.45) is 41.6. The molecule has 11 heteroatoms. The number of esters is 2. The molecule has 1 saturated heterocycles. The van der Waals surface area contributed by atoms with E-state index >= 15 is 0 Å². The van der Waals surface area contributed by atoms with Crippen LogP contribution in [0.5, 0.6) is 0 Å². The highest BCUT2D eigenvalue weighted by Crippen LogP contribution is 2.24. The van der Waals surface area contributed by atoms with Crippen LogP contribution in [0.4, 0.5) is 0 Å². The van der Waals surface area contributed by atoms with Crippen molar-refractivity contribution < 1.29 is 53.8 Å². The van der Waals surface area contributed by atoms with E-state index in [1.165, 1.54) is 205 Å². The summed E-state index contributed by atoms with van der Waals surface area (Å²) >= 11 is 0. The molecule has 1 rings (SSSR count). The molecular formula is C55H104O11. The van der Waals surface area contributed by atoms with Crippen LogP contribution in [0.1, 0.15) is 284 Å². The van der Waals surface area contributed by atoms with Gasteiger partial charge in [0.1, 0.15) is 24.9 Å². The van der Waals surface area contributed by atoms with E-state index in [2.05, 4.69) is 13.8 Å². The van der Waals surface area contributed by atoms with Crippen LogP contribution in [-0.4, -0.2) is 88.4 Å². The smallest absolute Gasteiger partial charge is 0.335 e. The van der Waals surface area contributed by atoms with Crippen LogP contribution in [0.2, 0.25) is 0 Å². The number of rotatable bonds is 49. The summed E-state index contributed by atoms with van der Waals surface area (Å²) in [5.41, 5.74) is 0. The third kappa shape index (κ3) is 36.2. The SMILES string of the molecule is CCCCCCCCCCCCCCCCCCCCCCCC(=O)OCC(COC1OC(C(=O)O)C(O)C(O)C1O)OC(=O)CCCCCCCCCCCCCCCCCCCCC. The third-order valence-corrected chi connectivity index (χ3v) is 13.5. The Balaban J connectivity index is 2.23. The molecule has 1 fully saturated rings. The van der Waals surface area contributed by atoms with Gasteiger partial charge in [-0.05, 0) is 12.8 Å². The van der Waals surface area contributed by atoms with Crippen molar-refractivity contribution in [2.45, 2.75) is 320 Å². The molecule has 0 bridgehead atoms. The number of unbranched alkanes of at least 4 members (excludes halogenated alkanes) is 38. The Bertz CT molecular complexity index is 1100. The lowest BCUT2D eigenvalue weighted by molar-refractivity contribution is -0.298. The lowest BCUT2D eigenvalue weighted by Crippen LogP contribution is -2.60. The zero-order valence-electron chi connectivity index (χ0n) is 42.7. The van der Waals surface area contributed by atoms with Gasteiger partial charge in [0.2, 0.25) is 0 Å². The topological polar surface area (TPSA) is 169 Å². The van der Waals surface area contributed by atoms with Crippen molar-refractivity contribution in [1.82, 2.24) is 0 Å². The van der Waals surface area contributed by atoms with Crippen LogP contribution in [0.25, 0.3) is 0 Å². The van der Waals surface area contributed by atoms with Crippen molar-refractivity contribution >= 4 is 17.9 Å². The lowest BCUT2D eigenvalue weighted by atomic mass is 9.99. The fourth-order valence-electron chi connectivity index (χ4n) is 9.06. The van der Waals surface area contributed by atoms with E-state index in [0.29, 0.717) is 12.8 Å². The lowest BCUT2D eigenvalue weighted by Gasteiger charge is -2.38. The van der Waals surface area contributed by atoms with Crippen molar-refractivity contribution in [2.75, 3.05) is 13.2 Å². The van der Waals surface area contributed by atoms with Crippen molar-refractivity contribution in [3.63, 3.8) is 0 Å². The average molecular weight is 941 g/mol. The molecule has 1 aliphatic heterocycles. The van der Waals surface area contributed by atoms with Gasteiger partial charge in [-0.25, -0.2) is 4.79 Å². The summed E-state index contributed by atoms with van der Waals surface area (Å²) in [6.45, 7) is 3.88. The molecule has 4 N–H and O–H groups in total. The summed E-state index contributed by atoms with van der Waals surface area (Å²) in [4.78, 5) is 37.1. The van der Waals surface area contributed by atoms with Crippen molar-refractivity contribution in [3.05, 3.63) is 0 Å². The summed E-state index contributed by atoms with van der Waals surface area (Å²) in [5.74, 6) is -2.41. The number of carboxylic acids is 1. The first-order chi connectivity index (χ1) is 32.2. The third-order valence-electron chi connectivity index (χ3n) is 13.5. The van der Waals surface area contributed by atoms with Crippen LogP contribution in [0.3, 0.4) is 0 Å². The maximum atomic E-state index is 12.9. The molecule has 0 aromatic carbocycles. The number of carbonyl (C=O) groups excluding carboxylic acids is 2. The molecule has 0 aromatic heterocycles. The van der Waals surface area contributed by atoms with E-state index in [9.17, 15) is 34.8 Å². The van der Waals surface area contributed by atoms with Gasteiger partial charge in [-0.1, -0.05) is 258 Å². The van der Waals surface area contributed by atoms with Gasteiger partial charge in [0.05, 0.1) is 6.61 Å². The van der Waals surface area contributed by atoms with E-state index in [1.807, 2.05) is 0 Å². The Morgan fingerprint density at radius 1 is 0.409 bits per heavy atom. The van der Waals surface area contributed by atoms with Gasteiger partial charge in [0.15, 0.2) is 18.5 Å². The Kier molecular flexibility index (Phi) is 43.0. The molecule has 0 amide bonds. The van der Waals surface area contributed by atoms with Gasteiger partial charge >= 0.3 is 17.9 Å². The highest BCUT2D eigenvalue weighted by atomic mass is 16.7. The number of carbonyl (C=O) groups is 3. The van der Waals surface area contributed by atoms with Crippen molar-refractivity contribution in [3.8, 4) is 0 Å². The maximum Gasteiger partial charge on any atom is 0.335 e. The first-order valence-corrected chi connectivity index (χ1v) is 28.1. The average Bonchev–Trinajstić information content (AvgIpc) is 3.30. The predicted octanol–water partition coefficient (Wildman–Crippen LogP) is 13.8. The number of ether oxygens (including phenoxy) is 4. The van der Waals surface area contributed by atoms with Gasteiger partial charge in [-0.15, -0.1) is 0 Å². The minimum Gasteiger partial charge on any atom is -0.479 e. The quantitative estimate of drug-likeness (QED) is 0.0338. The predicted molar refractivity (Wildman–Crippen MR) is 266 cm³/mol. The van der Waals surface area contributed by atoms with Gasteiger partial charge in [0.25, 0.3) is 0 Å². The molecule has 6 atom stereocenters. The van der Waals surface area contributed by atoms with E-state index in [4.69, 9.17) is 18.9 Å². The van der Waals surface area contributed by atoms with Crippen LogP contribution < -0.4 is 0 Å². The van der Waals surface area contributed by atoms with Crippen LogP contribution in [0, 0.1) is 0 Å². The molecule has 0 aliphatic carbocycles. The highest BCUT2D eigenvalue weighted by molar-refractivity contribution is 5.73. The molecule has 0 radical (unpaired) electrons. The molecular weight excluding hydrogens is 837 g/mol. The van der Waals surface area contributed by atoms with Gasteiger partial charge in [-0.3, -0.25) is 9.59 Å². The minimum atomic E-state index is -1.86. The maximum absolute atomic E-state index is 12.9. The minimum absolute atomic E-state index is 0.192. The molecule has 0 spiro atoms. The Labute approximate surface area is 404 Å². The molecule has 0 saturated carbocycles. The molecule has 6 unspecified atom stereocenters. The van der Waals surface area contributed by atoms with Gasteiger partial charge < -0.3 is 39.4 Å². The Morgan fingerprint density at radius 3 is 1.03 bits per heavy atom. The van der Waals surface area contributed by atoms with E-state index in [1.54, 1.807) is 0 Å². The summed E-state index contributed by atoms with van der Waals surface area (Å²) in [7, 11) is 0. The molecule has 1 aliphatic rings. The number of hydrogen-bond donors (Lipinski definition) is 4. The van der Waals surface area contributed by atoms with Crippen molar-refractivity contribution in [1.29, 1.82) is 0 Å². The van der Waals surface area contributed by atoms with Crippen LogP contribution >= 0.6 is 0 Å². The number of aliphatic carboxylic acids is 1. The molecule has 66 heavy (non-hydrogen) atoms. The van der Waals surface area contributed by atoms with E-state index < -0.39 is 54.7 Å². The second-order valence-electron chi connectivity index (χ2n) is 19.8. The fraction of sp³-hybridized carbons (Fsp3) is 0.945. The second kappa shape index (κ2) is 45.6. The zero-order valence-corrected chi connectivity index (χ0v) is 42.7. The van der Waals surface area contributed by atoms with Gasteiger partial charge in [0, 0.05) is 12.8 Å². The standard InChI is InChI=1S/C55H104O11/c1-3-5-7-9-11-13-15-17-19-21-23-24-26-27-29-31-33-35-37-39-41-43-48(56)63-45-47(46-64-55-52(60)50(58)51(59)53(66-55)54(61)62)65-49(57)44-42-40-38-36-34-32-30-28-25-22-20-18-16-14-12-10-8-6-4-2/h47,50-53,55,58-60H,3-46H2,1-2H3,(H,61,62). The largest absolute Gasteiger partial charge is 0.479 e. The Hall–Kier alpha value is -1.79. The summed E-state index contributed by atoms with van der Waals surface area (Å²) in [5, 5.41) is 40.0. The fourth-order valence-corrected chi connectivity index (χ4v) is 9.06. The molecule has 11 nitrogen and oxygen atoms in total. The second-order valence-corrected chi connectivity index (χ2v) is 19.8. The molecule has 1 heterocycles. The number of hydrogen-bond acceptors (Lipinski definition) is 10. The van der Waals surface area contributed by atoms with Crippen LogP contribution in [0.15, 0.2) is 0 Å². The highest BCUT2D eigenvalue weighted by Gasteiger charge is 2.47. The monoisotopic (exact) mass is 941 g/mol. The van der Waals surface area contributed by atoms with Gasteiger partial charge in [-0.2, -0.15) is 0 Å². The molecule has 0 aromatic rings. The first-order valence-electron chi connectivity index (χ1n) is 28.1. The number of aliphatic hydroxyl groups is 3. The van der Waals surface area contributed by atoms with E-state index in [-0.39, 0.29) is 26.1 Å². The molecule has 390 valence electrons. The normalized spacial score (nSPS) is 19.0. The van der Waals surface area contributed by atoms with Crippen LogP contribution in [-0.2, 0) is 33.3 Å². The summed E-state index contributed by atoms with van der Waals surface area (Å²) < 4.78 is 21.9. The van der Waals surface area contributed by atoms with Crippen molar-refractivity contribution in [2.24, 2.45) is 0 Å². The number of carboxylic acid groups (broad SMARTS) is 1. The first kappa shape index (κ1) is 62.2. The zero-order chi connectivity index (χ0) is 48.1. The summed E-state index contributed by atoms with van der Waals surface area (Å²) in [6, 6.07) is 0.